The third-order valence-corrected chi connectivity index (χ3v) is 5.94. The van der Waals surface area contributed by atoms with Crippen molar-refractivity contribution >= 4 is 22.5 Å². The van der Waals surface area contributed by atoms with Gasteiger partial charge in [-0.25, -0.2) is 14.8 Å². The lowest BCUT2D eigenvalue weighted by atomic mass is 10.1. The topological polar surface area (TPSA) is 56.0 Å². The van der Waals surface area contributed by atoms with Crippen molar-refractivity contribution in [3.8, 4) is 0 Å². The van der Waals surface area contributed by atoms with Crippen LogP contribution in [0.15, 0.2) is 28.8 Å². The molecule has 6 nitrogen and oxygen atoms in total. The summed E-state index contributed by atoms with van der Waals surface area (Å²) < 4.78 is 3.52. The van der Waals surface area contributed by atoms with Crippen LogP contribution < -0.4 is 5.69 Å². The van der Waals surface area contributed by atoms with Gasteiger partial charge in [0.25, 0.3) is 0 Å². The molecular weight excluding hydrogens is 322 g/mol. The molecule has 126 valence electrons. The van der Waals surface area contributed by atoms with Crippen LogP contribution in [0.5, 0.6) is 0 Å². The van der Waals surface area contributed by atoms with Gasteiger partial charge in [-0.05, 0) is 43.3 Å². The van der Waals surface area contributed by atoms with Gasteiger partial charge in [-0.3, -0.25) is 14.0 Å². The van der Waals surface area contributed by atoms with Gasteiger partial charge in [-0.1, -0.05) is 0 Å². The van der Waals surface area contributed by atoms with Crippen molar-refractivity contribution in [1.29, 1.82) is 0 Å². The Kier molecular flexibility index (Phi) is 3.97. The molecule has 3 aromatic heterocycles. The monoisotopic (exact) mass is 343 g/mol. The van der Waals surface area contributed by atoms with Gasteiger partial charge in [-0.15, -0.1) is 11.3 Å². The summed E-state index contributed by atoms with van der Waals surface area (Å²) in [6.07, 6.45) is 5.36. The number of rotatable bonds is 3. The Morgan fingerprint density at radius 2 is 2.29 bits per heavy atom. The smallest absolute Gasteiger partial charge is 0.296 e. The molecule has 0 bridgehead atoms. The zero-order chi connectivity index (χ0) is 16.7. The molecule has 4 rings (SSSR count). The third-order valence-electron chi connectivity index (χ3n) is 4.94. The molecule has 1 aliphatic heterocycles. The molecule has 0 spiro atoms. The highest BCUT2D eigenvalue weighted by Crippen LogP contribution is 2.26. The van der Waals surface area contributed by atoms with E-state index in [0.29, 0.717) is 0 Å². The Morgan fingerprint density at radius 1 is 1.42 bits per heavy atom. The van der Waals surface area contributed by atoms with E-state index in [2.05, 4.69) is 33.2 Å². The number of hydrogen-bond donors (Lipinski definition) is 0. The number of hydrogen-bond acceptors (Lipinski definition) is 5. The summed E-state index contributed by atoms with van der Waals surface area (Å²) in [5.74, 6) is 0. The maximum absolute atomic E-state index is 12.7. The molecule has 7 heteroatoms. The Hall–Kier alpha value is -1.99. The van der Waals surface area contributed by atoms with Gasteiger partial charge in [0.15, 0.2) is 5.65 Å². The fourth-order valence-electron chi connectivity index (χ4n) is 3.58. The first kappa shape index (κ1) is 15.5. The number of aromatic nitrogens is 4. The van der Waals surface area contributed by atoms with Gasteiger partial charge < -0.3 is 0 Å². The zero-order valence-electron chi connectivity index (χ0n) is 14.0. The van der Waals surface area contributed by atoms with Crippen molar-refractivity contribution in [3.05, 3.63) is 44.9 Å². The van der Waals surface area contributed by atoms with Gasteiger partial charge in [0, 0.05) is 25.0 Å². The Labute approximate surface area is 144 Å². The van der Waals surface area contributed by atoms with Gasteiger partial charge >= 0.3 is 5.69 Å². The van der Waals surface area contributed by atoms with E-state index >= 15 is 0 Å². The number of nitrogens with zero attached hydrogens (tertiary/aromatic N) is 5. The van der Waals surface area contributed by atoms with E-state index in [0.717, 1.165) is 43.6 Å². The molecule has 0 aliphatic carbocycles. The van der Waals surface area contributed by atoms with E-state index in [9.17, 15) is 4.79 Å². The van der Waals surface area contributed by atoms with Crippen LogP contribution in [0, 0.1) is 6.92 Å². The average molecular weight is 343 g/mol. The van der Waals surface area contributed by atoms with Gasteiger partial charge in [0.05, 0.1) is 12.2 Å². The number of thiophene rings is 1. The van der Waals surface area contributed by atoms with Gasteiger partial charge in [-0.2, -0.15) is 0 Å². The predicted molar refractivity (Wildman–Crippen MR) is 95.4 cm³/mol. The summed E-state index contributed by atoms with van der Waals surface area (Å²) in [7, 11) is 1.79. The summed E-state index contributed by atoms with van der Waals surface area (Å²) in [5.41, 5.74) is 2.91. The van der Waals surface area contributed by atoms with Crippen LogP contribution in [0.1, 0.15) is 29.3 Å². The van der Waals surface area contributed by atoms with E-state index in [-0.39, 0.29) is 11.7 Å². The molecule has 3 aromatic rings. The Morgan fingerprint density at radius 3 is 3.08 bits per heavy atom. The minimum atomic E-state index is 0.00431. The maximum Gasteiger partial charge on any atom is 0.330 e. The van der Waals surface area contributed by atoms with Crippen LogP contribution in [-0.4, -0.2) is 37.1 Å². The van der Waals surface area contributed by atoms with Crippen molar-refractivity contribution in [3.63, 3.8) is 0 Å². The number of piperidine rings is 1. The van der Waals surface area contributed by atoms with Gasteiger partial charge in [0.2, 0.25) is 0 Å². The zero-order valence-corrected chi connectivity index (χ0v) is 14.8. The minimum Gasteiger partial charge on any atom is -0.296 e. The highest BCUT2D eigenvalue weighted by molar-refractivity contribution is 7.10. The molecule has 24 heavy (non-hydrogen) atoms. The molecule has 0 N–H and O–H groups in total. The molecular formula is C17H21N5OS. The molecule has 0 aromatic carbocycles. The standard InChI is InChI=1S/C17H21N5OS/c1-12-5-7-24-15(12)10-21-6-3-4-13(9-21)22-16-14(8-18-11-19-16)20(2)17(22)23/h5,7-8,11,13H,3-4,6,9-10H2,1-2H3/t13-/m1/s1. The number of likely N-dealkylation sites (tertiary alicyclic amines) is 1. The van der Waals surface area contributed by atoms with Crippen LogP contribution in [0.25, 0.3) is 11.2 Å². The summed E-state index contributed by atoms with van der Waals surface area (Å²) in [4.78, 5) is 25.0. The van der Waals surface area contributed by atoms with E-state index in [1.165, 1.54) is 16.8 Å². The van der Waals surface area contributed by atoms with E-state index in [1.807, 2.05) is 15.9 Å². The molecule has 4 heterocycles. The summed E-state index contributed by atoms with van der Waals surface area (Å²) in [5, 5.41) is 2.15. The number of aryl methyl sites for hydroxylation is 2. The summed E-state index contributed by atoms with van der Waals surface area (Å²) >= 11 is 1.82. The highest BCUT2D eigenvalue weighted by Gasteiger charge is 2.26. The highest BCUT2D eigenvalue weighted by atomic mass is 32.1. The second-order valence-corrected chi connectivity index (χ2v) is 7.50. The molecule has 0 radical (unpaired) electrons. The normalized spacial score (nSPS) is 19.2. The summed E-state index contributed by atoms with van der Waals surface area (Å²) in [6, 6.07) is 2.35. The number of imidazole rings is 1. The van der Waals surface area contributed by atoms with E-state index in [4.69, 9.17) is 0 Å². The van der Waals surface area contributed by atoms with Crippen molar-refractivity contribution < 1.29 is 0 Å². The van der Waals surface area contributed by atoms with Crippen molar-refractivity contribution in [2.75, 3.05) is 13.1 Å². The van der Waals surface area contributed by atoms with Crippen molar-refractivity contribution in [1.82, 2.24) is 24.0 Å². The Bertz CT molecular complexity index is 925. The van der Waals surface area contributed by atoms with Crippen molar-refractivity contribution in [2.24, 2.45) is 7.05 Å². The van der Waals surface area contributed by atoms with Crippen LogP contribution >= 0.6 is 11.3 Å². The fourth-order valence-corrected chi connectivity index (χ4v) is 4.52. The van der Waals surface area contributed by atoms with Crippen molar-refractivity contribution in [2.45, 2.75) is 32.4 Å². The first-order chi connectivity index (χ1) is 11.6. The lowest BCUT2D eigenvalue weighted by molar-refractivity contribution is 0.171. The third kappa shape index (κ3) is 2.57. The molecule has 1 saturated heterocycles. The van der Waals surface area contributed by atoms with Gasteiger partial charge in [0.1, 0.15) is 11.8 Å². The fraction of sp³-hybridized carbons (Fsp3) is 0.471. The van der Waals surface area contributed by atoms with Crippen LogP contribution in [0.4, 0.5) is 0 Å². The second kappa shape index (κ2) is 6.14. The largest absolute Gasteiger partial charge is 0.330 e. The SMILES string of the molecule is Cc1ccsc1CN1CCC[C@@H](n2c(=O)n(C)c3cncnc32)C1. The molecule has 1 aliphatic rings. The first-order valence-electron chi connectivity index (χ1n) is 8.27. The number of fused-ring (bicyclic) bond motifs is 1. The molecule has 0 unspecified atom stereocenters. The molecule has 1 fully saturated rings. The predicted octanol–water partition coefficient (Wildman–Crippen LogP) is 2.34. The molecule has 1 atom stereocenters. The first-order valence-corrected chi connectivity index (χ1v) is 9.15. The molecule has 0 saturated carbocycles. The van der Waals surface area contributed by atoms with E-state index < -0.39 is 0 Å². The summed E-state index contributed by atoms with van der Waals surface area (Å²) in [6.45, 7) is 5.11. The minimum absolute atomic E-state index is 0.00431. The molecule has 0 amide bonds. The average Bonchev–Trinajstić information content (AvgIpc) is 3.10. The Balaban J connectivity index is 1.64. The second-order valence-electron chi connectivity index (χ2n) is 6.50. The van der Waals surface area contributed by atoms with Crippen LogP contribution in [0.2, 0.25) is 0 Å². The quantitative estimate of drug-likeness (QED) is 0.732. The van der Waals surface area contributed by atoms with Crippen LogP contribution in [-0.2, 0) is 13.6 Å². The van der Waals surface area contributed by atoms with Crippen LogP contribution in [0.3, 0.4) is 0 Å². The lowest BCUT2D eigenvalue weighted by Crippen LogP contribution is -2.39. The maximum atomic E-state index is 12.7. The van der Waals surface area contributed by atoms with E-state index in [1.54, 1.807) is 17.8 Å². The lowest BCUT2D eigenvalue weighted by Gasteiger charge is -2.33.